The Balaban J connectivity index is 1.69. The van der Waals surface area contributed by atoms with Crippen molar-refractivity contribution in [1.82, 2.24) is 20.9 Å². The Morgan fingerprint density at radius 2 is 1.49 bits per heavy atom. The molecule has 0 radical (unpaired) electrons. The smallest absolute Gasteiger partial charge is 0.326 e. The molecule has 13 nitrogen and oxygen atoms in total. The monoisotopic (exact) mass is 613 g/mol. The van der Waals surface area contributed by atoms with Crippen molar-refractivity contribution in [2.45, 2.75) is 49.9 Å². The summed E-state index contributed by atoms with van der Waals surface area (Å²) in [6.45, 7) is 0. The first-order valence-electron chi connectivity index (χ1n) is 13.4. The van der Waals surface area contributed by atoms with Crippen molar-refractivity contribution < 1.29 is 39.3 Å². The number of fused-ring (bicyclic) bond motifs is 1. The van der Waals surface area contributed by atoms with E-state index in [1.807, 2.05) is 24.3 Å². The fraction of sp³-hybridized carbons (Fsp3) is 0.345. The number of aliphatic carboxylic acids is 2. The third-order valence-corrected chi connectivity index (χ3v) is 7.34. The summed E-state index contributed by atoms with van der Waals surface area (Å²) in [5.41, 5.74) is 8.37. The molecule has 0 aliphatic carbocycles. The predicted molar refractivity (Wildman–Crippen MR) is 160 cm³/mol. The van der Waals surface area contributed by atoms with Gasteiger partial charge in [0.25, 0.3) is 0 Å². The molecule has 1 aromatic heterocycles. The average molecular weight is 614 g/mol. The number of phenolic OH excluding ortho intramolecular Hbond substituents is 1. The summed E-state index contributed by atoms with van der Waals surface area (Å²) in [7, 11) is 0. The minimum Gasteiger partial charge on any atom is -0.508 e. The SMILES string of the molecule is CSCCC(NC(=O)C(N)Cc1c[nH]c2ccccc12)C(=O)NC(CC(=O)O)C(=O)NC(Cc1ccc(O)cc1)C(=O)O. The average Bonchev–Trinajstić information content (AvgIpc) is 3.37. The molecule has 43 heavy (non-hydrogen) atoms. The number of thioether (sulfide) groups is 1. The number of nitrogens with one attached hydrogen (secondary N) is 4. The molecule has 0 saturated carbocycles. The van der Waals surface area contributed by atoms with Crippen LogP contribution in [0.2, 0.25) is 0 Å². The largest absolute Gasteiger partial charge is 0.508 e. The molecule has 3 rings (SSSR count). The minimum absolute atomic E-state index is 0.0223. The van der Waals surface area contributed by atoms with E-state index < -0.39 is 60.2 Å². The molecule has 9 N–H and O–H groups in total. The Labute approximate surface area is 251 Å². The molecular formula is C29H35N5O8S. The van der Waals surface area contributed by atoms with Gasteiger partial charge in [-0.05, 0) is 54.2 Å². The normalized spacial score (nSPS) is 13.8. The first-order chi connectivity index (χ1) is 20.5. The van der Waals surface area contributed by atoms with Crippen molar-refractivity contribution in [3.05, 3.63) is 65.9 Å². The van der Waals surface area contributed by atoms with Crippen LogP contribution in [0.15, 0.2) is 54.7 Å². The van der Waals surface area contributed by atoms with Crippen molar-refractivity contribution >= 4 is 52.3 Å². The van der Waals surface area contributed by atoms with Crippen LogP contribution in [0, 0.1) is 0 Å². The van der Waals surface area contributed by atoms with Crippen molar-refractivity contribution in [2.75, 3.05) is 12.0 Å². The molecule has 3 amide bonds. The molecule has 0 fully saturated rings. The highest BCUT2D eigenvalue weighted by Crippen LogP contribution is 2.19. The number of carboxylic acids is 2. The lowest BCUT2D eigenvalue weighted by Gasteiger charge is -2.24. The lowest BCUT2D eigenvalue weighted by atomic mass is 10.0. The number of benzene rings is 2. The number of rotatable bonds is 16. The van der Waals surface area contributed by atoms with Crippen LogP contribution in [0.1, 0.15) is 24.0 Å². The number of carbonyl (C=O) groups excluding carboxylic acids is 3. The molecule has 0 aliphatic heterocycles. The summed E-state index contributed by atoms with van der Waals surface area (Å²) in [4.78, 5) is 65.8. The highest BCUT2D eigenvalue weighted by Gasteiger charge is 2.31. The zero-order valence-corrected chi connectivity index (χ0v) is 24.2. The maximum atomic E-state index is 13.2. The van der Waals surface area contributed by atoms with Gasteiger partial charge in [-0.25, -0.2) is 4.79 Å². The first kappa shape index (κ1) is 32.9. The molecule has 2 aromatic carbocycles. The number of H-pyrrole nitrogens is 1. The number of aromatic amines is 1. The molecule has 4 atom stereocenters. The fourth-order valence-electron chi connectivity index (χ4n) is 4.41. The van der Waals surface area contributed by atoms with E-state index in [0.29, 0.717) is 11.3 Å². The van der Waals surface area contributed by atoms with Crippen molar-refractivity contribution in [2.24, 2.45) is 5.73 Å². The fourth-order valence-corrected chi connectivity index (χ4v) is 4.88. The number of hydrogen-bond acceptors (Lipinski definition) is 8. The standard InChI is InChI=1S/C29H35N5O8S/c1-43-11-10-22(32-26(38)20(30)13-17-15-31-21-5-3-2-4-19(17)21)27(39)33-23(14-25(36)37)28(40)34-24(29(41)42)12-16-6-8-18(35)9-7-16/h2-9,15,20,22-24,31,35H,10-14,30H2,1H3,(H,32,38)(H,33,39)(H,34,40)(H,36,37)(H,41,42). The predicted octanol–water partition coefficient (Wildman–Crippen LogP) is 0.753. The first-order valence-corrected chi connectivity index (χ1v) is 14.8. The van der Waals surface area contributed by atoms with Crippen LogP contribution >= 0.6 is 11.8 Å². The highest BCUT2D eigenvalue weighted by atomic mass is 32.2. The van der Waals surface area contributed by atoms with E-state index in [4.69, 9.17) is 5.73 Å². The number of nitrogens with two attached hydrogens (primary N) is 1. The van der Waals surface area contributed by atoms with Gasteiger partial charge in [0.05, 0.1) is 12.5 Å². The Hall–Kier alpha value is -4.56. The molecule has 14 heteroatoms. The number of aromatic nitrogens is 1. The summed E-state index contributed by atoms with van der Waals surface area (Å²) in [6.07, 6.45) is 2.94. The third kappa shape index (κ3) is 9.75. The minimum atomic E-state index is -1.62. The Morgan fingerprint density at radius 1 is 0.860 bits per heavy atom. The molecule has 230 valence electrons. The maximum Gasteiger partial charge on any atom is 0.326 e. The van der Waals surface area contributed by atoms with Crippen LogP contribution in [0.3, 0.4) is 0 Å². The number of carboxylic acid groups (broad SMARTS) is 2. The van der Waals surface area contributed by atoms with Crippen LogP contribution in [0.5, 0.6) is 5.75 Å². The van der Waals surface area contributed by atoms with E-state index >= 15 is 0 Å². The number of aromatic hydroxyl groups is 1. The summed E-state index contributed by atoms with van der Waals surface area (Å²) in [5, 5.41) is 36.6. The van der Waals surface area contributed by atoms with Gasteiger partial charge in [0.2, 0.25) is 17.7 Å². The summed E-state index contributed by atoms with van der Waals surface area (Å²) < 4.78 is 0. The lowest BCUT2D eigenvalue weighted by molar-refractivity contribution is -0.143. The highest BCUT2D eigenvalue weighted by molar-refractivity contribution is 7.98. The van der Waals surface area contributed by atoms with E-state index in [1.54, 1.807) is 12.5 Å². The molecule has 0 saturated heterocycles. The van der Waals surface area contributed by atoms with Gasteiger partial charge in [0.1, 0.15) is 23.9 Å². The maximum absolute atomic E-state index is 13.2. The van der Waals surface area contributed by atoms with E-state index in [9.17, 15) is 39.3 Å². The second-order valence-electron chi connectivity index (χ2n) is 9.94. The Kier molecular flexibility index (Phi) is 12.0. The molecule has 0 bridgehead atoms. The van der Waals surface area contributed by atoms with Crippen molar-refractivity contribution in [1.29, 1.82) is 0 Å². The quantitative estimate of drug-likeness (QED) is 0.113. The Bertz CT molecular complexity index is 1440. The topological polar surface area (TPSA) is 224 Å². The van der Waals surface area contributed by atoms with Gasteiger partial charge >= 0.3 is 11.9 Å². The number of para-hydroxylation sites is 1. The zero-order valence-electron chi connectivity index (χ0n) is 23.4. The van der Waals surface area contributed by atoms with Crippen LogP contribution in [0.25, 0.3) is 10.9 Å². The van der Waals surface area contributed by atoms with Crippen molar-refractivity contribution in [3.63, 3.8) is 0 Å². The third-order valence-electron chi connectivity index (χ3n) is 6.70. The lowest BCUT2D eigenvalue weighted by Crippen LogP contribution is -2.58. The summed E-state index contributed by atoms with van der Waals surface area (Å²) >= 11 is 1.42. The van der Waals surface area contributed by atoms with Gasteiger partial charge in [0, 0.05) is 23.5 Å². The van der Waals surface area contributed by atoms with Gasteiger partial charge in [-0.3, -0.25) is 19.2 Å². The van der Waals surface area contributed by atoms with Gasteiger partial charge in [-0.1, -0.05) is 30.3 Å². The van der Waals surface area contributed by atoms with E-state index in [2.05, 4.69) is 20.9 Å². The molecule has 0 spiro atoms. The second-order valence-corrected chi connectivity index (χ2v) is 10.9. The van der Waals surface area contributed by atoms with Crippen molar-refractivity contribution in [3.8, 4) is 5.75 Å². The summed E-state index contributed by atoms with van der Waals surface area (Å²) in [6, 6.07) is 8.01. The Morgan fingerprint density at radius 3 is 2.14 bits per heavy atom. The number of amides is 3. The van der Waals surface area contributed by atoms with E-state index in [1.165, 1.54) is 36.0 Å². The van der Waals surface area contributed by atoms with Crippen LogP contribution in [-0.2, 0) is 36.8 Å². The molecule has 1 heterocycles. The van der Waals surface area contributed by atoms with Crippen LogP contribution in [-0.4, -0.2) is 86.1 Å². The van der Waals surface area contributed by atoms with Gasteiger partial charge in [-0.15, -0.1) is 0 Å². The van der Waals surface area contributed by atoms with Gasteiger partial charge < -0.3 is 42.0 Å². The van der Waals surface area contributed by atoms with Crippen LogP contribution < -0.4 is 21.7 Å². The van der Waals surface area contributed by atoms with E-state index in [0.717, 1.165) is 16.5 Å². The number of hydrogen-bond donors (Lipinski definition) is 8. The van der Waals surface area contributed by atoms with Gasteiger partial charge in [0.15, 0.2) is 0 Å². The zero-order chi connectivity index (χ0) is 31.5. The summed E-state index contributed by atoms with van der Waals surface area (Å²) in [5.74, 6) is -4.79. The molecule has 0 aliphatic rings. The molecule has 4 unspecified atom stereocenters. The number of carbonyl (C=O) groups is 5. The van der Waals surface area contributed by atoms with Gasteiger partial charge in [-0.2, -0.15) is 11.8 Å². The number of phenols is 1. The van der Waals surface area contributed by atoms with E-state index in [-0.39, 0.29) is 25.0 Å². The second kappa shape index (κ2) is 15.6. The molecule has 3 aromatic rings. The molecular weight excluding hydrogens is 578 g/mol. The van der Waals surface area contributed by atoms with Crippen LogP contribution in [0.4, 0.5) is 0 Å².